The van der Waals surface area contributed by atoms with Gasteiger partial charge < -0.3 is 9.80 Å². The molecular weight excluding hydrogens is 98.9 g/mol. The van der Waals surface area contributed by atoms with E-state index in [0.29, 0.717) is 0 Å². The van der Waals surface area contributed by atoms with Gasteiger partial charge in [0.1, 0.15) is 6.07 Å². The Morgan fingerprint density at radius 2 is 1.62 bits per heavy atom. The quantitative estimate of drug-likeness (QED) is 0.384. The lowest BCUT2D eigenvalue weighted by molar-refractivity contribution is 0.400. The molecule has 0 aromatic rings. The molecule has 1 rings (SSSR count). The molecule has 43 valence electrons. The molecule has 3 heteroatoms. The van der Waals surface area contributed by atoms with E-state index in [2.05, 4.69) is 17.6 Å². The van der Waals surface area contributed by atoms with E-state index < -0.39 is 0 Å². The minimum Gasteiger partial charge on any atom is -0.361 e. The first-order chi connectivity index (χ1) is 3.72. The van der Waals surface area contributed by atoms with E-state index in [1.165, 1.54) is 6.07 Å². The van der Waals surface area contributed by atoms with Gasteiger partial charge in [0.2, 0.25) is 0 Å². The number of hydrogen-bond acceptors (Lipinski definition) is 2. The minimum atomic E-state index is 1.27. The Hall–Kier alpha value is -0.595. The van der Waals surface area contributed by atoms with Crippen LogP contribution in [0.4, 0.5) is 0 Å². The Bertz CT molecular complexity index is 101. The van der Waals surface area contributed by atoms with E-state index in [1.54, 1.807) is 0 Å². The Labute approximate surface area is 51.2 Å². The zero-order valence-corrected chi connectivity index (χ0v) is 5.55. The second-order valence-corrected chi connectivity index (χ2v) is 2.07. The fraction of sp³-hybridized carbons (Fsp3) is 0.400. The molecule has 0 N–H and O–H groups in total. The summed E-state index contributed by atoms with van der Waals surface area (Å²) in [5, 5.41) is 0. The molecule has 0 spiro atoms. The fourth-order valence-corrected chi connectivity index (χ4v) is 0.665. The van der Waals surface area contributed by atoms with E-state index in [1.807, 2.05) is 26.5 Å². The highest BCUT2D eigenvalue weighted by atomic mass is 15.3. The highest BCUT2D eigenvalue weighted by Gasteiger charge is 2.14. The molecule has 0 saturated heterocycles. The monoisotopic (exact) mass is 109 g/mol. The summed E-state index contributed by atoms with van der Waals surface area (Å²) in [7, 11) is 6.16. The van der Waals surface area contributed by atoms with Crippen LogP contribution < -0.4 is 0 Å². The molecule has 1 radical (unpaired) electrons. The average Bonchev–Trinajstić information content (AvgIpc) is 1.98. The molecule has 0 aromatic heterocycles. The second-order valence-electron chi connectivity index (χ2n) is 2.07. The lowest BCUT2D eigenvalue weighted by Crippen LogP contribution is -2.25. The lowest BCUT2D eigenvalue weighted by Gasteiger charge is -2.21. The normalized spacial score (nSPS) is 20.8. The summed E-state index contributed by atoms with van der Waals surface area (Å²) in [5.41, 5.74) is 0. The van der Waals surface area contributed by atoms with Crippen molar-refractivity contribution >= 4 is 7.85 Å². The molecule has 1 heterocycles. The van der Waals surface area contributed by atoms with Crippen LogP contribution in [-0.2, 0) is 0 Å². The third kappa shape index (κ3) is 0.682. The standard InChI is InChI=1S/C5H10BN2/c1-7-3-4-8(2)5(7)6/h3-4H,6H2,1-2H3. The van der Waals surface area contributed by atoms with Crippen LogP contribution in [0.2, 0.25) is 0 Å². The van der Waals surface area contributed by atoms with Crippen molar-refractivity contribution in [2.24, 2.45) is 0 Å². The number of rotatable bonds is 0. The molecule has 0 amide bonds. The Kier molecular flexibility index (Phi) is 1.20. The molecule has 1 aliphatic rings. The van der Waals surface area contributed by atoms with Gasteiger partial charge in [-0.3, -0.25) is 0 Å². The fourth-order valence-electron chi connectivity index (χ4n) is 0.665. The van der Waals surface area contributed by atoms with Crippen molar-refractivity contribution in [2.45, 2.75) is 0 Å². The maximum absolute atomic E-state index is 2.08. The predicted molar refractivity (Wildman–Crippen MR) is 36.5 cm³/mol. The van der Waals surface area contributed by atoms with Crippen molar-refractivity contribution in [3.05, 3.63) is 18.5 Å². The van der Waals surface area contributed by atoms with Crippen LogP contribution in [0.3, 0.4) is 0 Å². The van der Waals surface area contributed by atoms with Crippen molar-refractivity contribution in [3.8, 4) is 0 Å². The molecule has 0 fully saturated rings. The maximum Gasteiger partial charge on any atom is 0.166 e. The van der Waals surface area contributed by atoms with E-state index in [0.717, 1.165) is 0 Å². The van der Waals surface area contributed by atoms with Crippen molar-refractivity contribution in [3.63, 3.8) is 0 Å². The first-order valence-corrected chi connectivity index (χ1v) is 2.69. The van der Waals surface area contributed by atoms with Crippen LogP contribution in [0.15, 0.2) is 12.4 Å². The topological polar surface area (TPSA) is 6.48 Å². The number of nitrogens with zero attached hydrogens (tertiary/aromatic N) is 2. The van der Waals surface area contributed by atoms with Gasteiger partial charge in [-0.05, 0) is 0 Å². The Morgan fingerprint density at radius 1 is 1.25 bits per heavy atom. The average molecular weight is 109 g/mol. The Balaban J connectivity index is 2.55. The summed E-state index contributed by atoms with van der Waals surface area (Å²) >= 11 is 0. The third-order valence-electron chi connectivity index (χ3n) is 1.53. The molecular formula is C5H10BN2. The van der Waals surface area contributed by atoms with Crippen molar-refractivity contribution in [2.75, 3.05) is 14.1 Å². The van der Waals surface area contributed by atoms with Gasteiger partial charge in [0.05, 0.1) is 0 Å². The molecule has 0 bridgehead atoms. The highest BCUT2D eigenvalue weighted by Crippen LogP contribution is 2.13. The summed E-state index contributed by atoms with van der Waals surface area (Å²) in [5.74, 6) is 0. The van der Waals surface area contributed by atoms with Gasteiger partial charge >= 0.3 is 0 Å². The van der Waals surface area contributed by atoms with Crippen LogP contribution in [0.25, 0.3) is 0 Å². The second kappa shape index (κ2) is 1.73. The van der Waals surface area contributed by atoms with Crippen LogP contribution in [0.1, 0.15) is 0 Å². The predicted octanol–water partition coefficient (Wildman–Crippen LogP) is -0.585. The minimum absolute atomic E-state index is 1.27. The summed E-state index contributed by atoms with van der Waals surface area (Å²) in [4.78, 5) is 4.17. The zero-order chi connectivity index (χ0) is 6.15. The summed E-state index contributed by atoms with van der Waals surface area (Å²) in [6.45, 7) is 0. The molecule has 0 atom stereocenters. The van der Waals surface area contributed by atoms with E-state index >= 15 is 0 Å². The van der Waals surface area contributed by atoms with Crippen LogP contribution in [0, 0.1) is 6.07 Å². The van der Waals surface area contributed by atoms with Crippen LogP contribution in [-0.4, -0.2) is 31.7 Å². The molecule has 8 heavy (non-hydrogen) atoms. The third-order valence-corrected chi connectivity index (χ3v) is 1.53. The summed E-state index contributed by atoms with van der Waals surface area (Å²) < 4.78 is 0. The van der Waals surface area contributed by atoms with Crippen molar-refractivity contribution in [1.29, 1.82) is 0 Å². The van der Waals surface area contributed by atoms with Crippen LogP contribution in [0.5, 0.6) is 0 Å². The van der Waals surface area contributed by atoms with E-state index in [4.69, 9.17) is 0 Å². The Morgan fingerprint density at radius 3 is 1.75 bits per heavy atom. The molecule has 1 aliphatic heterocycles. The van der Waals surface area contributed by atoms with E-state index in [9.17, 15) is 0 Å². The highest BCUT2D eigenvalue weighted by molar-refractivity contribution is 6.18. The van der Waals surface area contributed by atoms with Crippen molar-refractivity contribution in [1.82, 2.24) is 9.80 Å². The van der Waals surface area contributed by atoms with Gasteiger partial charge in [-0.25, -0.2) is 0 Å². The van der Waals surface area contributed by atoms with Gasteiger partial charge in [-0.15, -0.1) is 0 Å². The summed E-state index contributed by atoms with van der Waals surface area (Å²) in [6.07, 6.45) is 4.07. The first-order valence-electron chi connectivity index (χ1n) is 2.69. The molecule has 0 aromatic carbocycles. The van der Waals surface area contributed by atoms with Gasteiger partial charge in [0.25, 0.3) is 0 Å². The largest absolute Gasteiger partial charge is 0.361 e. The lowest BCUT2D eigenvalue weighted by atomic mass is 10.0. The smallest absolute Gasteiger partial charge is 0.166 e. The van der Waals surface area contributed by atoms with Gasteiger partial charge in [-0.2, -0.15) is 0 Å². The van der Waals surface area contributed by atoms with E-state index in [-0.39, 0.29) is 0 Å². The first kappa shape index (κ1) is 5.54. The van der Waals surface area contributed by atoms with Crippen LogP contribution >= 0.6 is 0 Å². The zero-order valence-electron chi connectivity index (χ0n) is 5.55. The van der Waals surface area contributed by atoms with Crippen molar-refractivity contribution < 1.29 is 0 Å². The maximum atomic E-state index is 2.08. The number of hydrogen-bond donors (Lipinski definition) is 0. The van der Waals surface area contributed by atoms with Gasteiger partial charge in [-0.1, -0.05) is 0 Å². The molecule has 2 nitrogen and oxygen atoms in total. The van der Waals surface area contributed by atoms with Gasteiger partial charge in [0, 0.05) is 26.5 Å². The SMILES string of the molecule is B[C]1N(C)C=CN1C. The molecule has 0 aliphatic carbocycles. The molecule has 0 saturated carbocycles. The van der Waals surface area contributed by atoms with Gasteiger partial charge in [0.15, 0.2) is 7.85 Å². The summed E-state index contributed by atoms with van der Waals surface area (Å²) in [6, 6.07) is 1.27. The molecule has 0 unspecified atom stereocenters.